The van der Waals surface area contributed by atoms with Crippen LogP contribution in [0.4, 0.5) is 5.95 Å². The molecule has 0 aliphatic carbocycles. The number of nitrogens with zero attached hydrogens (tertiary/aromatic N) is 4. The van der Waals surface area contributed by atoms with E-state index < -0.39 is 43.2 Å². The molecule has 0 bridgehead atoms. The lowest BCUT2D eigenvalue weighted by atomic mass is 9.80. The van der Waals surface area contributed by atoms with Crippen molar-refractivity contribution in [1.29, 1.82) is 0 Å². The van der Waals surface area contributed by atoms with Crippen LogP contribution >= 0.6 is 30.6 Å². The van der Waals surface area contributed by atoms with E-state index in [1.807, 2.05) is 109 Å². The molecule has 2 saturated heterocycles. The molecule has 65 heavy (non-hydrogen) atoms. The van der Waals surface area contributed by atoms with Crippen molar-refractivity contribution in [3.05, 3.63) is 148 Å². The van der Waals surface area contributed by atoms with Crippen LogP contribution in [-0.4, -0.2) is 113 Å². The molecule has 15 nitrogen and oxygen atoms in total. The number of fused-ring (bicyclic) bond motifs is 1. The van der Waals surface area contributed by atoms with Crippen molar-refractivity contribution in [3.8, 4) is 11.5 Å². The summed E-state index contributed by atoms with van der Waals surface area (Å²) in [4.78, 5) is 37.6. The summed E-state index contributed by atoms with van der Waals surface area (Å²) >= 11 is 3.01. The lowest BCUT2D eigenvalue weighted by Crippen LogP contribution is -2.41. The minimum atomic E-state index is -1.30. The SMILES string of the molecule is COCCOC1C(OP(SCCSC(=O)c2ccccc2)N2CCCC2)[C@@H](COC(c2ccccc2)(c2ccc(OC)cc2)c2ccc(OC)cc2)O[C@H]1n1cnc2c(=O)[nH]c(N)nc21. The molecule has 6 aromatic rings. The Balaban J connectivity index is 1.19. The summed E-state index contributed by atoms with van der Waals surface area (Å²) in [6, 6.07) is 35.1. The predicted octanol–water partition coefficient (Wildman–Crippen LogP) is 7.67. The normalized spacial score (nSPS) is 19.4. The zero-order valence-electron chi connectivity index (χ0n) is 36.4. The van der Waals surface area contributed by atoms with Crippen molar-refractivity contribution in [1.82, 2.24) is 24.2 Å². The Kier molecular flexibility index (Phi) is 15.9. The number of ether oxygens (including phenoxy) is 6. The smallest absolute Gasteiger partial charge is 0.280 e. The fourth-order valence-corrected chi connectivity index (χ4v) is 13.4. The molecule has 0 spiro atoms. The van der Waals surface area contributed by atoms with E-state index in [9.17, 15) is 9.59 Å². The largest absolute Gasteiger partial charge is 0.497 e. The van der Waals surface area contributed by atoms with E-state index in [0.29, 0.717) is 35.2 Å². The van der Waals surface area contributed by atoms with E-state index in [2.05, 4.69) is 19.6 Å². The highest BCUT2D eigenvalue weighted by molar-refractivity contribution is 8.53. The van der Waals surface area contributed by atoms with Crippen molar-refractivity contribution < 1.29 is 37.7 Å². The first-order valence-corrected chi connectivity index (χ1v) is 25.2. The van der Waals surface area contributed by atoms with Gasteiger partial charge in [0.1, 0.15) is 35.4 Å². The second-order valence-electron chi connectivity index (χ2n) is 15.3. The predicted molar refractivity (Wildman–Crippen MR) is 255 cm³/mol. The van der Waals surface area contributed by atoms with Crippen LogP contribution in [0.1, 0.15) is 46.1 Å². The molecule has 8 rings (SSSR count). The van der Waals surface area contributed by atoms with Crippen LogP contribution in [0, 0.1) is 0 Å². The number of carbonyl (C=O) groups is 1. The molecule has 0 radical (unpaired) electrons. The molecular weight excluding hydrogens is 888 g/mol. The molecule has 0 amide bonds. The van der Waals surface area contributed by atoms with Gasteiger partial charge in [-0.3, -0.25) is 23.8 Å². The van der Waals surface area contributed by atoms with Gasteiger partial charge in [0.15, 0.2) is 24.9 Å². The fraction of sp³-hybridized carbons (Fsp3) is 0.362. The number of carbonyl (C=O) groups excluding carboxylic acids is 1. The minimum absolute atomic E-state index is 0.0241. The Hall–Kier alpha value is -4.81. The van der Waals surface area contributed by atoms with Gasteiger partial charge in [-0.1, -0.05) is 108 Å². The molecule has 5 atom stereocenters. The Morgan fingerprint density at radius 2 is 1.48 bits per heavy atom. The molecule has 18 heteroatoms. The van der Waals surface area contributed by atoms with Crippen LogP contribution < -0.4 is 20.8 Å². The van der Waals surface area contributed by atoms with E-state index in [1.54, 1.807) is 37.3 Å². The topological polar surface area (TPSA) is 175 Å². The van der Waals surface area contributed by atoms with Crippen LogP contribution in [0.5, 0.6) is 11.5 Å². The van der Waals surface area contributed by atoms with Crippen LogP contribution in [0.25, 0.3) is 11.2 Å². The van der Waals surface area contributed by atoms with Crippen LogP contribution in [-0.2, 0) is 29.1 Å². The zero-order valence-corrected chi connectivity index (χ0v) is 39.0. The van der Waals surface area contributed by atoms with Crippen LogP contribution in [0.2, 0.25) is 0 Å². The minimum Gasteiger partial charge on any atom is -0.497 e. The molecule has 2 fully saturated rings. The number of anilines is 1. The number of methoxy groups -OCH3 is 3. The quantitative estimate of drug-likeness (QED) is 0.0408. The average Bonchev–Trinajstić information content (AvgIpc) is 4.11. The first-order chi connectivity index (χ1) is 31.8. The number of nitrogens with one attached hydrogen (secondary N) is 1. The number of benzene rings is 4. The van der Waals surface area contributed by atoms with Crippen LogP contribution in [0.3, 0.4) is 0 Å². The van der Waals surface area contributed by atoms with E-state index in [4.69, 9.17) is 38.7 Å². The number of hydrogen-bond acceptors (Lipinski definition) is 15. The van der Waals surface area contributed by atoms with Gasteiger partial charge in [0, 0.05) is 37.3 Å². The number of thioether (sulfide) groups is 1. The third-order valence-electron chi connectivity index (χ3n) is 11.3. The molecule has 4 heterocycles. The number of nitrogen functional groups attached to an aromatic ring is 1. The Labute approximate surface area is 387 Å². The monoisotopic (exact) mass is 940 g/mol. The maximum absolute atomic E-state index is 13.1. The number of rotatable bonds is 21. The summed E-state index contributed by atoms with van der Waals surface area (Å²) in [6.07, 6.45) is 0.509. The number of nitrogens with two attached hydrogens (primary N) is 1. The Morgan fingerprint density at radius 3 is 2.11 bits per heavy atom. The van der Waals surface area contributed by atoms with E-state index >= 15 is 0 Å². The molecule has 2 aliphatic rings. The van der Waals surface area contributed by atoms with Crippen molar-refractivity contribution in [2.45, 2.75) is 43.0 Å². The number of H-pyrrole nitrogens is 1. The van der Waals surface area contributed by atoms with Gasteiger partial charge in [0.25, 0.3) is 5.56 Å². The number of aromatic amines is 1. The lowest BCUT2D eigenvalue weighted by Gasteiger charge is -2.38. The summed E-state index contributed by atoms with van der Waals surface area (Å²) < 4.78 is 49.4. The molecule has 4 aromatic carbocycles. The molecule has 342 valence electrons. The summed E-state index contributed by atoms with van der Waals surface area (Å²) in [6.45, 7) is 2.28. The number of imidazole rings is 1. The molecular formula is C47H53N6O9PS2. The second kappa shape index (κ2) is 22.1. The molecule has 3 unspecified atom stereocenters. The van der Waals surface area contributed by atoms with Crippen LogP contribution in [0.15, 0.2) is 120 Å². The van der Waals surface area contributed by atoms with E-state index in [0.717, 1.165) is 42.6 Å². The van der Waals surface area contributed by atoms with Gasteiger partial charge in [-0.15, -0.1) is 0 Å². The molecule has 2 aromatic heterocycles. The average molecular weight is 941 g/mol. The highest BCUT2D eigenvalue weighted by Gasteiger charge is 2.51. The summed E-state index contributed by atoms with van der Waals surface area (Å²) in [7, 11) is 3.60. The Bertz CT molecular complexity index is 2470. The first-order valence-electron chi connectivity index (χ1n) is 21.4. The summed E-state index contributed by atoms with van der Waals surface area (Å²) in [5, 5.41) is 0.0322. The van der Waals surface area contributed by atoms with Gasteiger partial charge in [-0.25, -0.2) is 4.98 Å². The number of aromatic nitrogens is 4. The van der Waals surface area contributed by atoms with Gasteiger partial charge in [0.05, 0.1) is 40.4 Å². The van der Waals surface area contributed by atoms with Crippen molar-refractivity contribution in [3.63, 3.8) is 0 Å². The second-order valence-corrected chi connectivity index (χ2v) is 20.0. The summed E-state index contributed by atoms with van der Waals surface area (Å²) in [5.41, 5.74) is 8.07. The Morgan fingerprint density at radius 1 is 0.846 bits per heavy atom. The molecule has 3 N–H and O–H groups in total. The van der Waals surface area contributed by atoms with Gasteiger partial charge < -0.3 is 38.7 Å². The first kappa shape index (κ1) is 46.7. The highest BCUT2D eigenvalue weighted by Crippen LogP contribution is 2.58. The highest BCUT2D eigenvalue weighted by atomic mass is 32.7. The van der Waals surface area contributed by atoms with Gasteiger partial charge >= 0.3 is 0 Å². The third-order valence-corrected chi connectivity index (χ3v) is 16.5. The summed E-state index contributed by atoms with van der Waals surface area (Å²) in [5.74, 6) is 2.62. The number of hydrogen-bond donors (Lipinski definition) is 2. The van der Waals surface area contributed by atoms with E-state index in [-0.39, 0.29) is 35.4 Å². The maximum atomic E-state index is 13.1. The van der Waals surface area contributed by atoms with Crippen molar-refractivity contribution >= 4 is 52.9 Å². The zero-order chi connectivity index (χ0) is 45.2. The van der Waals surface area contributed by atoms with Crippen molar-refractivity contribution in [2.24, 2.45) is 0 Å². The molecule has 0 saturated carbocycles. The van der Waals surface area contributed by atoms with Crippen molar-refractivity contribution in [2.75, 3.05) is 71.5 Å². The van der Waals surface area contributed by atoms with E-state index in [1.165, 1.54) is 18.1 Å². The van der Waals surface area contributed by atoms with Gasteiger partial charge in [0.2, 0.25) is 11.1 Å². The molecule has 2 aliphatic heterocycles. The van der Waals surface area contributed by atoms with Gasteiger partial charge in [-0.05, 0) is 53.8 Å². The van der Waals surface area contributed by atoms with Gasteiger partial charge in [-0.2, -0.15) is 4.98 Å². The lowest BCUT2D eigenvalue weighted by molar-refractivity contribution is -0.0964. The standard InChI is InChI=1S/C47H53N6O9PS2/c1-56-26-27-59-41-40(62-63(52-24-10-11-25-52)65-29-28-64-45(55)32-12-6-4-7-13-32)38(61-44(41)53-31-49-39-42(53)50-46(48)51-43(39)54)30-60-47(33-14-8-5-9-15-33,34-16-20-36(57-2)21-17-34)35-18-22-37(58-3)23-19-35/h4-9,12-23,31,38,40-41,44H,10-11,24-30H2,1-3H3,(H3,48,50,51,54)/t38-,40?,41?,44-,63?/m1/s1. The maximum Gasteiger partial charge on any atom is 0.280 e. The fourth-order valence-electron chi connectivity index (χ4n) is 8.10. The third kappa shape index (κ3) is 10.6.